The molecule has 0 saturated heterocycles. The van der Waals surface area contributed by atoms with Crippen LogP contribution in [0.1, 0.15) is 25.0 Å². The smallest absolute Gasteiger partial charge is 0.331 e. The molecule has 134 valence electrons. The van der Waals surface area contributed by atoms with Gasteiger partial charge in [-0.05, 0) is 25.5 Å². The van der Waals surface area contributed by atoms with Crippen LogP contribution in [0.3, 0.4) is 0 Å². The normalized spacial score (nSPS) is 20.8. The van der Waals surface area contributed by atoms with Crippen molar-refractivity contribution in [3.05, 3.63) is 71.8 Å². The van der Waals surface area contributed by atoms with E-state index in [4.69, 9.17) is 4.74 Å². The molecule has 1 aliphatic rings. The topological polar surface area (TPSA) is 66.8 Å². The molecule has 1 aliphatic heterocycles. The van der Waals surface area contributed by atoms with Gasteiger partial charge in [0.05, 0.1) is 12.3 Å². The fourth-order valence-electron chi connectivity index (χ4n) is 3.31. The number of carbonyl (C=O) groups is 2. The average Bonchev–Trinajstić information content (AvgIpc) is 2.67. The van der Waals surface area contributed by atoms with Crippen LogP contribution < -0.4 is 4.90 Å². The third-order valence-corrected chi connectivity index (χ3v) is 4.49. The minimum atomic E-state index is -1.96. The highest BCUT2D eigenvalue weighted by Gasteiger charge is 2.49. The zero-order valence-corrected chi connectivity index (χ0v) is 14.8. The quantitative estimate of drug-likeness (QED) is 0.679. The average molecular weight is 351 g/mol. The van der Waals surface area contributed by atoms with Crippen molar-refractivity contribution in [1.82, 2.24) is 0 Å². The van der Waals surface area contributed by atoms with Crippen molar-refractivity contribution in [1.29, 1.82) is 0 Å². The van der Waals surface area contributed by atoms with Crippen LogP contribution in [0.25, 0.3) is 5.57 Å². The van der Waals surface area contributed by atoms with E-state index in [0.717, 1.165) is 0 Å². The Bertz CT molecular complexity index is 859. The first-order valence-electron chi connectivity index (χ1n) is 8.62. The number of rotatable bonds is 4. The number of para-hydroxylation sites is 1. The molecule has 0 aromatic heterocycles. The van der Waals surface area contributed by atoms with Crippen molar-refractivity contribution in [2.45, 2.75) is 19.4 Å². The molecule has 1 heterocycles. The molecule has 1 atom stereocenters. The van der Waals surface area contributed by atoms with Gasteiger partial charge in [0.25, 0.3) is 5.91 Å². The van der Waals surface area contributed by atoms with Crippen LogP contribution in [0, 0.1) is 0 Å². The third kappa shape index (κ3) is 2.80. The summed E-state index contributed by atoms with van der Waals surface area (Å²) in [6.07, 6.45) is 1.22. The van der Waals surface area contributed by atoms with E-state index in [2.05, 4.69) is 0 Å². The summed E-state index contributed by atoms with van der Waals surface area (Å²) in [7, 11) is 0. The van der Waals surface area contributed by atoms with Gasteiger partial charge >= 0.3 is 5.97 Å². The molecule has 0 bridgehead atoms. The largest absolute Gasteiger partial charge is 0.463 e. The Kier molecular flexibility index (Phi) is 4.91. The fourth-order valence-corrected chi connectivity index (χ4v) is 3.31. The van der Waals surface area contributed by atoms with Crippen molar-refractivity contribution < 1.29 is 19.4 Å². The first kappa shape index (κ1) is 17.9. The van der Waals surface area contributed by atoms with E-state index < -0.39 is 17.5 Å². The molecule has 5 nitrogen and oxygen atoms in total. The lowest BCUT2D eigenvalue weighted by atomic mass is 9.77. The minimum Gasteiger partial charge on any atom is -0.463 e. The summed E-state index contributed by atoms with van der Waals surface area (Å²) in [5, 5.41) is 11.6. The Morgan fingerprint density at radius 1 is 1.12 bits per heavy atom. The molecule has 26 heavy (non-hydrogen) atoms. The SMILES string of the molecule is CCOC(=O)/C=C1\c2ccccc2N(CC)C(=O)C1(O)c1ccccc1. The van der Waals surface area contributed by atoms with Crippen LogP contribution in [-0.2, 0) is 19.9 Å². The Morgan fingerprint density at radius 2 is 1.77 bits per heavy atom. The maximum Gasteiger partial charge on any atom is 0.331 e. The maximum absolute atomic E-state index is 13.3. The minimum absolute atomic E-state index is 0.211. The van der Waals surface area contributed by atoms with Gasteiger partial charge in [0, 0.05) is 23.8 Å². The van der Waals surface area contributed by atoms with E-state index in [9.17, 15) is 14.7 Å². The highest BCUT2D eigenvalue weighted by atomic mass is 16.5. The summed E-state index contributed by atoms with van der Waals surface area (Å²) in [5.74, 6) is -1.08. The maximum atomic E-state index is 13.3. The third-order valence-electron chi connectivity index (χ3n) is 4.49. The molecule has 1 unspecified atom stereocenters. The first-order valence-corrected chi connectivity index (χ1v) is 8.62. The van der Waals surface area contributed by atoms with Gasteiger partial charge in [0.1, 0.15) is 0 Å². The van der Waals surface area contributed by atoms with E-state index in [-0.39, 0.29) is 12.2 Å². The van der Waals surface area contributed by atoms with E-state index in [1.165, 1.54) is 11.0 Å². The monoisotopic (exact) mass is 351 g/mol. The second kappa shape index (κ2) is 7.14. The Labute approximate surface area is 152 Å². The number of hydrogen-bond donors (Lipinski definition) is 1. The Hall–Kier alpha value is -2.92. The number of hydrogen-bond acceptors (Lipinski definition) is 4. The molecule has 0 aliphatic carbocycles. The number of likely N-dealkylation sites (N-methyl/N-ethyl adjacent to an activating group) is 1. The van der Waals surface area contributed by atoms with Gasteiger partial charge < -0.3 is 14.7 Å². The van der Waals surface area contributed by atoms with Crippen LogP contribution in [0.5, 0.6) is 0 Å². The van der Waals surface area contributed by atoms with Gasteiger partial charge in [0.2, 0.25) is 0 Å². The van der Waals surface area contributed by atoms with Crippen molar-refractivity contribution in [3.63, 3.8) is 0 Å². The fraction of sp³-hybridized carbons (Fsp3) is 0.238. The molecule has 0 radical (unpaired) electrons. The van der Waals surface area contributed by atoms with Gasteiger partial charge in [-0.15, -0.1) is 0 Å². The predicted octanol–water partition coefficient (Wildman–Crippen LogP) is 2.89. The number of esters is 1. The van der Waals surface area contributed by atoms with Crippen molar-refractivity contribution >= 4 is 23.1 Å². The lowest BCUT2D eigenvalue weighted by Gasteiger charge is -2.41. The molecular formula is C21H21NO4. The molecule has 0 spiro atoms. The lowest BCUT2D eigenvalue weighted by Crippen LogP contribution is -2.51. The number of carbonyl (C=O) groups excluding carboxylic acids is 2. The Balaban J connectivity index is 2.30. The van der Waals surface area contributed by atoms with E-state index in [0.29, 0.717) is 23.4 Å². The van der Waals surface area contributed by atoms with Gasteiger partial charge in [0.15, 0.2) is 5.60 Å². The van der Waals surface area contributed by atoms with Crippen LogP contribution >= 0.6 is 0 Å². The lowest BCUT2D eigenvalue weighted by molar-refractivity contribution is -0.137. The number of amides is 1. The molecule has 3 rings (SSSR count). The van der Waals surface area contributed by atoms with Gasteiger partial charge in [-0.25, -0.2) is 4.79 Å². The van der Waals surface area contributed by atoms with Gasteiger partial charge in [-0.2, -0.15) is 0 Å². The van der Waals surface area contributed by atoms with Crippen LogP contribution in [-0.4, -0.2) is 30.1 Å². The van der Waals surface area contributed by atoms with Crippen LogP contribution in [0.2, 0.25) is 0 Å². The summed E-state index contributed by atoms with van der Waals surface area (Å²) in [6, 6.07) is 15.9. The zero-order valence-electron chi connectivity index (χ0n) is 14.8. The number of nitrogens with zero attached hydrogens (tertiary/aromatic N) is 1. The molecule has 1 amide bonds. The van der Waals surface area contributed by atoms with Gasteiger partial charge in [-0.1, -0.05) is 48.5 Å². The molecular weight excluding hydrogens is 330 g/mol. The Morgan fingerprint density at radius 3 is 2.42 bits per heavy atom. The van der Waals surface area contributed by atoms with Crippen LogP contribution in [0.4, 0.5) is 5.69 Å². The number of benzene rings is 2. The van der Waals surface area contributed by atoms with E-state index in [1.54, 1.807) is 49.4 Å². The summed E-state index contributed by atoms with van der Waals surface area (Å²) in [5.41, 5.74) is -0.0243. The zero-order chi connectivity index (χ0) is 18.7. The summed E-state index contributed by atoms with van der Waals surface area (Å²) >= 11 is 0. The summed E-state index contributed by atoms with van der Waals surface area (Å²) in [4.78, 5) is 27.0. The number of anilines is 1. The molecule has 0 fully saturated rings. The molecule has 5 heteroatoms. The van der Waals surface area contributed by atoms with E-state index in [1.807, 2.05) is 19.1 Å². The first-order chi connectivity index (χ1) is 12.5. The van der Waals surface area contributed by atoms with Crippen LogP contribution in [0.15, 0.2) is 60.7 Å². The highest BCUT2D eigenvalue weighted by molar-refractivity contribution is 6.16. The van der Waals surface area contributed by atoms with Gasteiger partial charge in [-0.3, -0.25) is 4.79 Å². The predicted molar refractivity (Wildman–Crippen MR) is 99.4 cm³/mol. The molecule has 2 aromatic rings. The van der Waals surface area contributed by atoms with E-state index >= 15 is 0 Å². The number of aliphatic hydroxyl groups is 1. The molecule has 1 N–H and O–H groups in total. The molecule has 0 saturated carbocycles. The number of ether oxygens (including phenoxy) is 1. The van der Waals surface area contributed by atoms with Crippen molar-refractivity contribution in [2.24, 2.45) is 0 Å². The second-order valence-electron chi connectivity index (χ2n) is 5.95. The molecule has 2 aromatic carbocycles. The summed E-state index contributed by atoms with van der Waals surface area (Å²) < 4.78 is 5.03. The number of fused-ring (bicyclic) bond motifs is 1. The highest BCUT2D eigenvalue weighted by Crippen LogP contribution is 2.46. The summed E-state index contributed by atoms with van der Waals surface area (Å²) in [6.45, 7) is 4.17. The second-order valence-corrected chi connectivity index (χ2v) is 5.95. The van der Waals surface area contributed by atoms with Crippen molar-refractivity contribution in [3.8, 4) is 0 Å². The standard InChI is InChI=1S/C21H21NO4/c1-3-22-18-13-9-8-12-16(18)17(14-19(23)26-4-2)21(25,20(22)24)15-10-6-5-7-11-15/h5-14,25H,3-4H2,1-2H3/b17-14+. The van der Waals surface area contributed by atoms with Crippen molar-refractivity contribution in [2.75, 3.05) is 18.1 Å².